The molecule has 0 spiro atoms. The average molecular weight is 461 g/mol. The van der Waals surface area contributed by atoms with Crippen LogP contribution in [0.2, 0.25) is 0 Å². The Hall–Kier alpha value is -2.67. The van der Waals surface area contributed by atoms with E-state index in [4.69, 9.17) is 4.74 Å². The van der Waals surface area contributed by atoms with Gasteiger partial charge in [-0.15, -0.1) is 0 Å². The monoisotopic (exact) mass is 460 g/mol. The first-order chi connectivity index (χ1) is 15.4. The maximum atomic E-state index is 12.3. The number of carbonyl (C=O) groups excluding carboxylic acids is 3. The molecule has 0 unspecified atom stereocenters. The van der Waals surface area contributed by atoms with E-state index in [9.17, 15) is 19.5 Å². The number of hydrogen-bond donors (Lipinski definition) is 3. The van der Waals surface area contributed by atoms with E-state index in [0.29, 0.717) is 12.8 Å². The molecule has 0 aliphatic carbocycles. The van der Waals surface area contributed by atoms with Gasteiger partial charge in [0.15, 0.2) is 0 Å². The summed E-state index contributed by atoms with van der Waals surface area (Å²) in [4.78, 5) is 36.6. The number of benzene rings is 1. The number of amides is 3. The minimum Gasteiger partial charge on any atom is -0.444 e. The van der Waals surface area contributed by atoms with Crippen molar-refractivity contribution in [2.45, 2.75) is 85.0 Å². The summed E-state index contributed by atoms with van der Waals surface area (Å²) in [5.41, 5.74) is 0.419. The SMILES string of the molecule is CC(C)C[C@H](NC(=O)OC(C)(C)C)[C@@H](O)CC(=O)NC(=O)C[C@@H](C)C/C=C/c1ccccc1. The van der Waals surface area contributed by atoms with Crippen LogP contribution in [-0.4, -0.2) is 40.8 Å². The molecule has 7 nitrogen and oxygen atoms in total. The number of ether oxygens (including phenoxy) is 1. The molecule has 1 aromatic carbocycles. The number of carbonyl (C=O) groups is 3. The Balaban J connectivity index is 2.51. The summed E-state index contributed by atoms with van der Waals surface area (Å²) in [6, 6.07) is 9.22. The van der Waals surface area contributed by atoms with Gasteiger partial charge in [0.1, 0.15) is 5.60 Å². The van der Waals surface area contributed by atoms with Crippen molar-refractivity contribution in [2.75, 3.05) is 0 Å². The van der Waals surface area contributed by atoms with Gasteiger partial charge in [0.25, 0.3) is 0 Å². The Labute approximate surface area is 198 Å². The van der Waals surface area contributed by atoms with Crippen molar-refractivity contribution in [3.05, 3.63) is 42.0 Å². The van der Waals surface area contributed by atoms with E-state index in [-0.39, 0.29) is 30.6 Å². The van der Waals surface area contributed by atoms with Crippen LogP contribution in [0.25, 0.3) is 6.08 Å². The fraction of sp³-hybridized carbons (Fsp3) is 0.577. The molecule has 0 bridgehead atoms. The summed E-state index contributed by atoms with van der Waals surface area (Å²) in [6.07, 6.45) is 3.30. The van der Waals surface area contributed by atoms with E-state index >= 15 is 0 Å². The lowest BCUT2D eigenvalue weighted by Gasteiger charge is -2.27. The van der Waals surface area contributed by atoms with E-state index in [2.05, 4.69) is 10.6 Å². The molecule has 0 aliphatic heterocycles. The Bertz CT molecular complexity index is 784. The maximum Gasteiger partial charge on any atom is 0.407 e. The van der Waals surface area contributed by atoms with Crippen LogP contribution in [0.5, 0.6) is 0 Å². The summed E-state index contributed by atoms with van der Waals surface area (Å²) >= 11 is 0. The van der Waals surface area contributed by atoms with E-state index < -0.39 is 29.7 Å². The predicted molar refractivity (Wildman–Crippen MR) is 130 cm³/mol. The van der Waals surface area contributed by atoms with Gasteiger partial charge in [0.2, 0.25) is 11.8 Å². The van der Waals surface area contributed by atoms with Crippen molar-refractivity contribution in [1.82, 2.24) is 10.6 Å². The summed E-state index contributed by atoms with van der Waals surface area (Å²) in [5, 5.41) is 15.5. The summed E-state index contributed by atoms with van der Waals surface area (Å²) in [7, 11) is 0. The van der Waals surface area contributed by atoms with Crippen molar-refractivity contribution in [3.63, 3.8) is 0 Å². The minimum absolute atomic E-state index is 0.0604. The van der Waals surface area contributed by atoms with Crippen molar-refractivity contribution >= 4 is 24.0 Å². The largest absolute Gasteiger partial charge is 0.444 e. The standard InChI is InChI=1S/C26H40N2O5/c1-18(2)15-21(27-25(32)33-26(4,5)6)22(29)17-24(31)28-23(30)16-19(3)11-10-14-20-12-8-7-9-13-20/h7-10,12-14,18-19,21-22,29H,11,15-17H2,1-6H3,(H,27,32)(H,28,30,31)/b14-10+/t19-,21-,22-/m0/s1. The zero-order valence-corrected chi connectivity index (χ0v) is 20.8. The van der Waals surface area contributed by atoms with E-state index in [1.807, 2.05) is 63.3 Å². The highest BCUT2D eigenvalue weighted by Crippen LogP contribution is 2.14. The third-order valence-electron chi connectivity index (χ3n) is 4.75. The van der Waals surface area contributed by atoms with Crippen LogP contribution < -0.4 is 10.6 Å². The average Bonchev–Trinajstić information content (AvgIpc) is 2.66. The minimum atomic E-state index is -1.14. The second-order valence-electron chi connectivity index (χ2n) is 9.98. The summed E-state index contributed by atoms with van der Waals surface area (Å²) < 4.78 is 5.25. The molecular formula is C26H40N2O5. The molecule has 7 heteroatoms. The van der Waals surface area contributed by atoms with Gasteiger partial charge in [0, 0.05) is 6.42 Å². The number of aliphatic hydroxyl groups is 1. The summed E-state index contributed by atoms with van der Waals surface area (Å²) in [5.74, 6) is -0.716. The number of aliphatic hydroxyl groups excluding tert-OH is 1. The smallest absolute Gasteiger partial charge is 0.407 e. The van der Waals surface area contributed by atoms with Gasteiger partial charge in [0.05, 0.1) is 18.6 Å². The quantitative estimate of drug-likeness (QED) is 0.453. The van der Waals surface area contributed by atoms with Gasteiger partial charge in [-0.05, 0) is 51.0 Å². The third-order valence-corrected chi connectivity index (χ3v) is 4.75. The second kappa shape index (κ2) is 13.8. The van der Waals surface area contributed by atoms with Crippen LogP contribution in [0.15, 0.2) is 36.4 Å². The van der Waals surface area contributed by atoms with E-state index in [0.717, 1.165) is 5.56 Å². The van der Waals surface area contributed by atoms with Gasteiger partial charge < -0.3 is 15.2 Å². The first kappa shape index (κ1) is 28.4. The molecule has 1 aromatic rings. The van der Waals surface area contributed by atoms with Crippen molar-refractivity contribution in [3.8, 4) is 0 Å². The molecular weight excluding hydrogens is 420 g/mol. The predicted octanol–water partition coefficient (Wildman–Crippen LogP) is 4.45. The van der Waals surface area contributed by atoms with Gasteiger partial charge in [-0.2, -0.15) is 0 Å². The van der Waals surface area contributed by atoms with Crippen LogP contribution in [0.3, 0.4) is 0 Å². The number of rotatable bonds is 11. The van der Waals surface area contributed by atoms with Gasteiger partial charge >= 0.3 is 6.09 Å². The van der Waals surface area contributed by atoms with Gasteiger partial charge in [-0.1, -0.05) is 63.3 Å². The van der Waals surface area contributed by atoms with E-state index in [1.165, 1.54) is 0 Å². The lowest BCUT2D eigenvalue weighted by atomic mass is 9.97. The number of allylic oxidation sites excluding steroid dienone is 1. The molecule has 0 radical (unpaired) electrons. The normalized spacial score (nSPS) is 14.5. The molecule has 1 rings (SSSR count). The molecule has 0 fully saturated rings. The fourth-order valence-corrected chi connectivity index (χ4v) is 3.27. The number of imide groups is 1. The molecule has 3 N–H and O–H groups in total. The molecule has 0 saturated carbocycles. The maximum absolute atomic E-state index is 12.3. The topological polar surface area (TPSA) is 105 Å². The van der Waals surface area contributed by atoms with Gasteiger partial charge in [-0.25, -0.2) is 4.79 Å². The van der Waals surface area contributed by atoms with Crippen molar-refractivity contribution in [2.24, 2.45) is 11.8 Å². The molecule has 0 aromatic heterocycles. The van der Waals surface area contributed by atoms with Crippen molar-refractivity contribution in [1.29, 1.82) is 0 Å². The highest BCUT2D eigenvalue weighted by Gasteiger charge is 2.27. The Kier molecular flexibility index (Phi) is 11.8. The number of hydrogen-bond acceptors (Lipinski definition) is 5. The Morgan fingerprint density at radius 1 is 1.03 bits per heavy atom. The van der Waals surface area contributed by atoms with E-state index in [1.54, 1.807) is 20.8 Å². The zero-order valence-electron chi connectivity index (χ0n) is 20.8. The first-order valence-corrected chi connectivity index (χ1v) is 11.6. The van der Waals surface area contributed by atoms with Crippen LogP contribution in [0, 0.1) is 11.8 Å². The van der Waals surface area contributed by atoms with Crippen molar-refractivity contribution < 1.29 is 24.2 Å². The molecule has 0 saturated heterocycles. The number of alkyl carbamates (subject to hydrolysis) is 1. The fourth-order valence-electron chi connectivity index (χ4n) is 3.27. The molecule has 0 aliphatic rings. The highest BCUT2D eigenvalue weighted by atomic mass is 16.6. The van der Waals surface area contributed by atoms with Gasteiger partial charge in [-0.3, -0.25) is 14.9 Å². The first-order valence-electron chi connectivity index (χ1n) is 11.6. The highest BCUT2D eigenvalue weighted by molar-refractivity contribution is 5.95. The Morgan fingerprint density at radius 2 is 1.64 bits per heavy atom. The molecule has 33 heavy (non-hydrogen) atoms. The molecule has 0 heterocycles. The molecule has 3 amide bonds. The third kappa shape index (κ3) is 13.5. The summed E-state index contributed by atoms with van der Waals surface area (Å²) in [6.45, 7) is 11.1. The lowest BCUT2D eigenvalue weighted by Crippen LogP contribution is -2.48. The second-order valence-corrected chi connectivity index (χ2v) is 9.98. The molecule has 184 valence electrons. The Morgan fingerprint density at radius 3 is 2.21 bits per heavy atom. The van der Waals surface area contributed by atoms with Crippen LogP contribution in [0.1, 0.15) is 72.8 Å². The van der Waals surface area contributed by atoms with Crippen LogP contribution in [-0.2, 0) is 14.3 Å². The number of nitrogens with one attached hydrogen (secondary N) is 2. The van der Waals surface area contributed by atoms with Crippen LogP contribution >= 0.6 is 0 Å². The van der Waals surface area contributed by atoms with Crippen LogP contribution in [0.4, 0.5) is 4.79 Å². The lowest BCUT2D eigenvalue weighted by molar-refractivity contribution is -0.132. The zero-order chi connectivity index (χ0) is 25.0. The molecule has 3 atom stereocenters.